The van der Waals surface area contributed by atoms with E-state index in [0.29, 0.717) is 30.5 Å². The lowest BCUT2D eigenvalue weighted by Crippen LogP contribution is -2.47. The van der Waals surface area contributed by atoms with E-state index in [2.05, 4.69) is 16.7 Å². The van der Waals surface area contributed by atoms with Gasteiger partial charge in [0.2, 0.25) is 5.91 Å². The highest BCUT2D eigenvalue weighted by molar-refractivity contribution is 7.80. The fourth-order valence-corrected chi connectivity index (χ4v) is 2.63. The predicted molar refractivity (Wildman–Crippen MR) is 86.8 cm³/mol. The van der Waals surface area contributed by atoms with E-state index in [9.17, 15) is 4.79 Å². The third-order valence-electron chi connectivity index (χ3n) is 4.13. The number of hydrogen-bond donors (Lipinski definition) is 1. The molecule has 1 saturated heterocycles. The standard InChI is InChI=1S/C14H28N4OS/c1-4-18-9-5-12(6-10-18)17(3)11-14(19)16(2)8-7-13(15)20/h12H,4-11H2,1-3H3,(H2,15,20). The Morgan fingerprint density at radius 1 is 1.35 bits per heavy atom. The number of piperidine rings is 1. The zero-order valence-corrected chi connectivity index (χ0v) is 13.8. The van der Waals surface area contributed by atoms with Gasteiger partial charge in [-0.05, 0) is 39.5 Å². The molecule has 6 heteroatoms. The maximum Gasteiger partial charge on any atom is 0.236 e. The van der Waals surface area contributed by atoms with E-state index < -0.39 is 0 Å². The van der Waals surface area contributed by atoms with E-state index in [4.69, 9.17) is 18.0 Å². The van der Waals surface area contributed by atoms with Crippen LogP contribution in [-0.2, 0) is 4.79 Å². The maximum atomic E-state index is 12.1. The molecule has 0 aromatic rings. The summed E-state index contributed by atoms with van der Waals surface area (Å²) in [4.78, 5) is 18.9. The first-order valence-electron chi connectivity index (χ1n) is 7.39. The number of likely N-dealkylation sites (N-methyl/N-ethyl adjacent to an activating group) is 2. The van der Waals surface area contributed by atoms with Gasteiger partial charge in [0.05, 0.1) is 11.5 Å². The third kappa shape index (κ3) is 5.73. The second-order valence-corrected chi connectivity index (χ2v) is 6.14. The molecule has 1 amide bonds. The molecule has 0 aliphatic carbocycles. The van der Waals surface area contributed by atoms with Crippen LogP contribution in [0.15, 0.2) is 0 Å². The van der Waals surface area contributed by atoms with E-state index in [-0.39, 0.29) is 5.91 Å². The zero-order chi connectivity index (χ0) is 15.1. The molecule has 1 aliphatic heterocycles. The fourth-order valence-electron chi connectivity index (χ4n) is 2.54. The second kappa shape index (κ2) is 8.54. The summed E-state index contributed by atoms with van der Waals surface area (Å²) in [6, 6.07) is 0.519. The van der Waals surface area contributed by atoms with Gasteiger partial charge in [0.15, 0.2) is 0 Å². The van der Waals surface area contributed by atoms with Crippen molar-refractivity contribution >= 4 is 23.1 Å². The number of likely N-dealkylation sites (tertiary alicyclic amines) is 1. The van der Waals surface area contributed by atoms with Crippen molar-refractivity contribution in [2.45, 2.75) is 32.2 Å². The van der Waals surface area contributed by atoms with Crippen LogP contribution in [0, 0.1) is 0 Å². The molecule has 0 unspecified atom stereocenters. The smallest absolute Gasteiger partial charge is 0.236 e. The largest absolute Gasteiger partial charge is 0.393 e. The van der Waals surface area contributed by atoms with Crippen molar-refractivity contribution in [3.8, 4) is 0 Å². The lowest BCUT2D eigenvalue weighted by Gasteiger charge is -2.36. The van der Waals surface area contributed by atoms with Crippen molar-refractivity contribution in [2.24, 2.45) is 5.73 Å². The second-order valence-electron chi connectivity index (χ2n) is 5.61. The number of hydrogen-bond acceptors (Lipinski definition) is 4. The Morgan fingerprint density at radius 3 is 2.45 bits per heavy atom. The van der Waals surface area contributed by atoms with Crippen LogP contribution in [0.4, 0.5) is 0 Å². The Bertz CT molecular complexity index is 329. The quantitative estimate of drug-likeness (QED) is 0.696. The van der Waals surface area contributed by atoms with Crippen LogP contribution in [0.5, 0.6) is 0 Å². The van der Waals surface area contributed by atoms with Gasteiger partial charge in [-0.2, -0.15) is 0 Å². The molecule has 116 valence electrons. The molecular formula is C14H28N4OS. The lowest BCUT2D eigenvalue weighted by atomic mass is 10.0. The van der Waals surface area contributed by atoms with E-state index >= 15 is 0 Å². The van der Waals surface area contributed by atoms with E-state index in [0.717, 1.165) is 32.5 Å². The number of rotatable bonds is 7. The zero-order valence-electron chi connectivity index (χ0n) is 13.0. The van der Waals surface area contributed by atoms with E-state index in [1.807, 2.05) is 14.1 Å². The minimum absolute atomic E-state index is 0.140. The first-order chi connectivity index (χ1) is 9.43. The Labute approximate surface area is 128 Å². The van der Waals surface area contributed by atoms with Gasteiger partial charge in [0.1, 0.15) is 0 Å². The van der Waals surface area contributed by atoms with Crippen molar-refractivity contribution in [2.75, 3.05) is 46.8 Å². The summed E-state index contributed by atoms with van der Waals surface area (Å²) in [5.41, 5.74) is 5.46. The Balaban J connectivity index is 2.32. The van der Waals surface area contributed by atoms with Gasteiger partial charge in [-0.3, -0.25) is 9.69 Å². The van der Waals surface area contributed by atoms with Gasteiger partial charge in [-0.15, -0.1) is 0 Å². The number of thiocarbonyl (C=S) groups is 1. The van der Waals surface area contributed by atoms with Crippen molar-refractivity contribution in [3.05, 3.63) is 0 Å². The molecule has 20 heavy (non-hydrogen) atoms. The summed E-state index contributed by atoms with van der Waals surface area (Å²) in [6.07, 6.45) is 2.89. The highest BCUT2D eigenvalue weighted by atomic mass is 32.1. The van der Waals surface area contributed by atoms with Crippen LogP contribution < -0.4 is 5.73 Å². The highest BCUT2D eigenvalue weighted by Crippen LogP contribution is 2.15. The first kappa shape index (κ1) is 17.3. The average Bonchev–Trinajstić information content (AvgIpc) is 2.44. The summed E-state index contributed by atoms with van der Waals surface area (Å²) in [7, 11) is 3.86. The molecular weight excluding hydrogens is 272 g/mol. The molecule has 0 aromatic carbocycles. The maximum absolute atomic E-state index is 12.1. The molecule has 1 heterocycles. The number of amides is 1. The third-order valence-corrected chi connectivity index (χ3v) is 4.34. The normalized spacial score (nSPS) is 17.4. The molecule has 2 N–H and O–H groups in total. The molecule has 1 aliphatic rings. The van der Waals surface area contributed by atoms with Gasteiger partial charge in [-0.1, -0.05) is 19.1 Å². The van der Waals surface area contributed by atoms with Gasteiger partial charge in [0, 0.05) is 26.1 Å². The Hall–Kier alpha value is -0.720. The van der Waals surface area contributed by atoms with Crippen LogP contribution in [0.1, 0.15) is 26.2 Å². The Morgan fingerprint density at radius 2 is 1.95 bits per heavy atom. The minimum Gasteiger partial charge on any atom is -0.393 e. The summed E-state index contributed by atoms with van der Waals surface area (Å²) < 4.78 is 0. The van der Waals surface area contributed by atoms with Gasteiger partial charge >= 0.3 is 0 Å². The van der Waals surface area contributed by atoms with Crippen LogP contribution in [0.2, 0.25) is 0 Å². The van der Waals surface area contributed by atoms with Crippen molar-refractivity contribution in [1.29, 1.82) is 0 Å². The van der Waals surface area contributed by atoms with Crippen LogP contribution in [0.3, 0.4) is 0 Å². The fraction of sp³-hybridized carbons (Fsp3) is 0.857. The Kier molecular flexibility index (Phi) is 7.40. The van der Waals surface area contributed by atoms with Gasteiger partial charge in [-0.25, -0.2) is 0 Å². The SMILES string of the molecule is CCN1CCC(N(C)CC(=O)N(C)CCC(N)=S)CC1. The molecule has 0 saturated carbocycles. The highest BCUT2D eigenvalue weighted by Gasteiger charge is 2.23. The average molecular weight is 300 g/mol. The molecule has 1 rings (SSSR count). The molecule has 0 bridgehead atoms. The monoisotopic (exact) mass is 300 g/mol. The molecule has 0 spiro atoms. The van der Waals surface area contributed by atoms with Crippen LogP contribution in [-0.4, -0.2) is 78.5 Å². The topological polar surface area (TPSA) is 52.8 Å². The first-order valence-corrected chi connectivity index (χ1v) is 7.79. The lowest BCUT2D eigenvalue weighted by molar-refractivity contribution is -0.131. The van der Waals surface area contributed by atoms with Crippen molar-refractivity contribution in [1.82, 2.24) is 14.7 Å². The summed E-state index contributed by atoms with van der Waals surface area (Å²) in [6.45, 7) is 6.68. The number of carbonyl (C=O) groups is 1. The number of nitrogens with two attached hydrogens (primary N) is 1. The molecule has 0 radical (unpaired) electrons. The van der Waals surface area contributed by atoms with Crippen LogP contribution in [0.25, 0.3) is 0 Å². The number of nitrogens with zero attached hydrogens (tertiary/aromatic N) is 3. The summed E-state index contributed by atoms with van der Waals surface area (Å²) >= 11 is 4.84. The van der Waals surface area contributed by atoms with Gasteiger partial charge in [0.25, 0.3) is 0 Å². The van der Waals surface area contributed by atoms with Crippen molar-refractivity contribution in [3.63, 3.8) is 0 Å². The van der Waals surface area contributed by atoms with Crippen molar-refractivity contribution < 1.29 is 4.79 Å². The molecule has 5 nitrogen and oxygen atoms in total. The molecule has 1 fully saturated rings. The van der Waals surface area contributed by atoms with E-state index in [1.165, 1.54) is 0 Å². The van der Waals surface area contributed by atoms with Gasteiger partial charge < -0.3 is 15.5 Å². The number of carbonyl (C=O) groups excluding carboxylic acids is 1. The summed E-state index contributed by atoms with van der Waals surface area (Å²) in [5.74, 6) is 0.140. The van der Waals surface area contributed by atoms with Crippen LogP contribution >= 0.6 is 12.2 Å². The molecule has 0 atom stereocenters. The summed E-state index contributed by atoms with van der Waals surface area (Å²) in [5, 5.41) is 0. The molecule has 0 aromatic heterocycles. The minimum atomic E-state index is 0.140. The predicted octanol–water partition coefficient (Wildman–Crippen LogP) is 0.537. The van der Waals surface area contributed by atoms with E-state index in [1.54, 1.807) is 4.90 Å².